The Kier molecular flexibility index (Phi) is 4.91. The maximum absolute atomic E-state index is 6.05. The topological polar surface area (TPSA) is 94.2 Å². The molecular formula is C26H23N5O3. The highest BCUT2D eigenvalue weighted by molar-refractivity contribution is 5.93. The summed E-state index contributed by atoms with van der Waals surface area (Å²) in [4.78, 5) is 9.87. The zero-order chi connectivity index (χ0) is 23.1. The average Bonchev–Trinajstić information content (AvgIpc) is 3.35. The summed E-state index contributed by atoms with van der Waals surface area (Å²) in [6.07, 6.45) is 2.58. The fraction of sp³-hybridized carbons (Fsp3) is 0.192. The number of methoxy groups -OCH3 is 2. The van der Waals surface area contributed by atoms with Gasteiger partial charge in [-0.15, -0.1) is 0 Å². The van der Waals surface area contributed by atoms with Gasteiger partial charge in [0, 0.05) is 16.5 Å². The van der Waals surface area contributed by atoms with Crippen molar-refractivity contribution in [2.45, 2.75) is 12.3 Å². The largest absolute Gasteiger partial charge is 0.497 e. The van der Waals surface area contributed by atoms with E-state index in [1.807, 2.05) is 54.6 Å². The molecule has 2 aromatic heterocycles. The van der Waals surface area contributed by atoms with Gasteiger partial charge < -0.3 is 19.5 Å². The summed E-state index contributed by atoms with van der Waals surface area (Å²) in [5.41, 5.74) is 3.83. The number of hydrogen-bond acceptors (Lipinski definition) is 7. The molecule has 5 aromatic rings. The van der Waals surface area contributed by atoms with Crippen LogP contribution < -0.4 is 19.5 Å². The average molecular weight is 454 g/mol. The number of ether oxygens (including phenoxy) is 3. The first-order chi connectivity index (χ1) is 16.7. The maximum Gasteiger partial charge on any atom is 0.142 e. The molecule has 0 fully saturated rings. The molecule has 8 heteroatoms. The third kappa shape index (κ3) is 3.63. The number of fused-ring (bicyclic) bond motifs is 3. The number of nitrogens with zero attached hydrogens (tertiary/aromatic N) is 3. The summed E-state index contributed by atoms with van der Waals surface area (Å²) >= 11 is 0. The summed E-state index contributed by atoms with van der Waals surface area (Å²) in [5, 5.41) is 12.5. The van der Waals surface area contributed by atoms with E-state index < -0.39 is 0 Å². The number of nitrogens with one attached hydrogen (secondary N) is 2. The summed E-state index contributed by atoms with van der Waals surface area (Å²) in [7, 11) is 3.32. The molecule has 1 aliphatic heterocycles. The van der Waals surface area contributed by atoms with Crippen LogP contribution >= 0.6 is 0 Å². The Bertz CT molecular complexity index is 1510. The molecule has 0 radical (unpaired) electrons. The van der Waals surface area contributed by atoms with Gasteiger partial charge in [0.05, 0.1) is 44.0 Å². The number of anilines is 2. The minimum absolute atomic E-state index is 0.0167. The number of benzene rings is 3. The molecule has 0 aliphatic carbocycles. The second kappa shape index (κ2) is 8.22. The Balaban J connectivity index is 1.41. The molecule has 1 aliphatic rings. The van der Waals surface area contributed by atoms with Crippen molar-refractivity contribution < 1.29 is 14.2 Å². The van der Waals surface area contributed by atoms with Crippen molar-refractivity contribution in [3.8, 4) is 17.2 Å². The van der Waals surface area contributed by atoms with Gasteiger partial charge in [0.2, 0.25) is 0 Å². The van der Waals surface area contributed by atoms with Gasteiger partial charge in [-0.25, -0.2) is 9.97 Å². The molecule has 1 unspecified atom stereocenters. The molecule has 0 spiro atoms. The predicted octanol–water partition coefficient (Wildman–Crippen LogP) is 4.99. The van der Waals surface area contributed by atoms with E-state index in [1.54, 1.807) is 20.4 Å². The Labute approximate surface area is 195 Å². The summed E-state index contributed by atoms with van der Waals surface area (Å²) in [6.45, 7) is 0.515. The lowest BCUT2D eigenvalue weighted by Crippen LogP contribution is -2.21. The van der Waals surface area contributed by atoms with Crippen LogP contribution in [0, 0.1) is 0 Å². The third-order valence-electron chi connectivity index (χ3n) is 6.16. The Morgan fingerprint density at radius 3 is 2.71 bits per heavy atom. The van der Waals surface area contributed by atoms with E-state index in [4.69, 9.17) is 24.2 Å². The van der Waals surface area contributed by atoms with Gasteiger partial charge in [-0.05, 0) is 66.6 Å². The zero-order valence-electron chi connectivity index (χ0n) is 18.8. The number of rotatable bonds is 5. The van der Waals surface area contributed by atoms with Gasteiger partial charge in [-0.3, -0.25) is 5.10 Å². The van der Waals surface area contributed by atoms with Crippen LogP contribution in [0.5, 0.6) is 17.2 Å². The first kappa shape index (κ1) is 20.3. The number of H-pyrrole nitrogens is 1. The van der Waals surface area contributed by atoms with E-state index in [-0.39, 0.29) is 5.92 Å². The van der Waals surface area contributed by atoms with E-state index in [0.29, 0.717) is 6.61 Å². The van der Waals surface area contributed by atoms with Crippen LogP contribution in [0.15, 0.2) is 60.8 Å². The van der Waals surface area contributed by atoms with Crippen molar-refractivity contribution >= 4 is 33.3 Å². The van der Waals surface area contributed by atoms with Crippen molar-refractivity contribution in [2.75, 3.05) is 26.1 Å². The van der Waals surface area contributed by atoms with Crippen LogP contribution in [0.3, 0.4) is 0 Å². The normalized spacial score (nSPS) is 15.1. The molecule has 8 nitrogen and oxygen atoms in total. The standard InChI is InChI=1S/C26H23N5O3/c1-32-19-5-8-24-15(11-19)9-17(14-34-24)25-29-23-7-4-20(33-2)12-21(23)26(30-25)28-18-3-6-22-16(10-18)13-27-31-22/h3-8,10-13,17H,9,14H2,1-2H3,(H,27,31)(H,28,29,30). The molecule has 2 N–H and O–H groups in total. The Morgan fingerprint density at radius 2 is 1.82 bits per heavy atom. The van der Waals surface area contributed by atoms with E-state index in [9.17, 15) is 0 Å². The van der Waals surface area contributed by atoms with Gasteiger partial charge in [0.15, 0.2) is 0 Å². The fourth-order valence-corrected chi connectivity index (χ4v) is 4.35. The zero-order valence-corrected chi connectivity index (χ0v) is 18.8. The van der Waals surface area contributed by atoms with Gasteiger partial charge >= 0.3 is 0 Å². The van der Waals surface area contributed by atoms with E-state index >= 15 is 0 Å². The van der Waals surface area contributed by atoms with Crippen molar-refractivity contribution in [2.24, 2.45) is 0 Å². The maximum atomic E-state index is 6.05. The summed E-state index contributed by atoms with van der Waals surface area (Å²) < 4.78 is 16.9. The lowest BCUT2D eigenvalue weighted by molar-refractivity contribution is 0.257. The molecular weight excluding hydrogens is 430 g/mol. The van der Waals surface area contributed by atoms with Crippen LogP contribution in [0.1, 0.15) is 17.3 Å². The number of aromatic amines is 1. The molecule has 0 saturated heterocycles. The van der Waals surface area contributed by atoms with Crippen LogP contribution in [0.25, 0.3) is 21.8 Å². The van der Waals surface area contributed by atoms with Crippen LogP contribution in [0.4, 0.5) is 11.5 Å². The smallest absolute Gasteiger partial charge is 0.142 e. The van der Waals surface area contributed by atoms with Crippen LogP contribution in [-0.4, -0.2) is 41.0 Å². The quantitative estimate of drug-likeness (QED) is 0.387. The second-order valence-corrected chi connectivity index (χ2v) is 8.30. The Morgan fingerprint density at radius 1 is 0.971 bits per heavy atom. The molecule has 170 valence electrons. The molecule has 1 atom stereocenters. The first-order valence-corrected chi connectivity index (χ1v) is 11.1. The highest BCUT2D eigenvalue weighted by atomic mass is 16.5. The van der Waals surface area contributed by atoms with Crippen molar-refractivity contribution in [1.82, 2.24) is 20.2 Å². The molecule has 0 saturated carbocycles. The van der Waals surface area contributed by atoms with Crippen molar-refractivity contribution in [3.05, 3.63) is 72.2 Å². The van der Waals surface area contributed by atoms with Crippen LogP contribution in [-0.2, 0) is 6.42 Å². The van der Waals surface area contributed by atoms with Gasteiger partial charge in [-0.1, -0.05) is 0 Å². The first-order valence-electron chi connectivity index (χ1n) is 11.1. The van der Waals surface area contributed by atoms with E-state index in [2.05, 4.69) is 15.5 Å². The van der Waals surface area contributed by atoms with E-state index in [0.717, 1.165) is 68.4 Å². The summed E-state index contributed by atoms with van der Waals surface area (Å²) in [5.74, 6) is 3.92. The molecule has 3 aromatic carbocycles. The Hall–Kier alpha value is -4.33. The van der Waals surface area contributed by atoms with Gasteiger partial charge in [-0.2, -0.15) is 5.10 Å². The van der Waals surface area contributed by atoms with Crippen molar-refractivity contribution in [1.29, 1.82) is 0 Å². The molecule has 34 heavy (non-hydrogen) atoms. The fourth-order valence-electron chi connectivity index (χ4n) is 4.35. The summed E-state index contributed by atoms with van der Waals surface area (Å²) in [6, 6.07) is 17.8. The minimum Gasteiger partial charge on any atom is -0.497 e. The molecule has 3 heterocycles. The molecule has 6 rings (SSSR count). The highest BCUT2D eigenvalue weighted by Crippen LogP contribution is 2.36. The predicted molar refractivity (Wildman–Crippen MR) is 130 cm³/mol. The van der Waals surface area contributed by atoms with Gasteiger partial charge in [0.25, 0.3) is 0 Å². The lowest BCUT2D eigenvalue weighted by atomic mass is 9.95. The minimum atomic E-state index is 0.0167. The van der Waals surface area contributed by atoms with Gasteiger partial charge in [0.1, 0.15) is 28.9 Å². The van der Waals surface area contributed by atoms with E-state index in [1.165, 1.54) is 0 Å². The number of hydrogen-bond donors (Lipinski definition) is 2. The number of aromatic nitrogens is 4. The van der Waals surface area contributed by atoms with Crippen molar-refractivity contribution in [3.63, 3.8) is 0 Å². The third-order valence-corrected chi connectivity index (χ3v) is 6.16. The SMILES string of the molecule is COc1ccc2c(c1)CC(c1nc(Nc3ccc4[nH]ncc4c3)c3cc(OC)ccc3n1)CO2. The monoisotopic (exact) mass is 453 g/mol. The molecule has 0 bridgehead atoms. The highest BCUT2D eigenvalue weighted by Gasteiger charge is 2.25. The second-order valence-electron chi connectivity index (χ2n) is 8.30. The lowest BCUT2D eigenvalue weighted by Gasteiger charge is -2.25. The molecule has 0 amide bonds. The van der Waals surface area contributed by atoms with Crippen LogP contribution in [0.2, 0.25) is 0 Å².